The van der Waals surface area contributed by atoms with Crippen molar-refractivity contribution in [1.29, 1.82) is 0 Å². The predicted octanol–water partition coefficient (Wildman–Crippen LogP) is 0.950. The third-order valence-electron chi connectivity index (χ3n) is 3.74. The molecule has 1 aliphatic heterocycles. The maximum atomic E-state index is 11.9. The maximum Gasteiger partial charge on any atom is 0.234 e. The zero-order valence-electron chi connectivity index (χ0n) is 12.6. The Balaban J connectivity index is 1.46. The molecule has 0 saturated carbocycles. The third kappa shape index (κ3) is 3.80. The van der Waals surface area contributed by atoms with Crippen molar-refractivity contribution >= 4 is 16.9 Å². The van der Waals surface area contributed by atoms with Crippen molar-refractivity contribution in [2.45, 2.75) is 25.5 Å². The second-order valence-corrected chi connectivity index (χ2v) is 5.70. The quantitative estimate of drug-likeness (QED) is 0.856. The van der Waals surface area contributed by atoms with Crippen LogP contribution < -0.4 is 5.32 Å². The number of benzene rings is 1. The SMILES string of the molecule is CN(CC(=O)NCC1CCCO1)Cc1ccc2nonc2c1. The predicted molar refractivity (Wildman–Crippen MR) is 80.1 cm³/mol. The molecule has 0 bridgehead atoms. The lowest BCUT2D eigenvalue weighted by Crippen LogP contribution is -2.38. The largest absolute Gasteiger partial charge is 0.376 e. The Morgan fingerprint density at radius 3 is 3.09 bits per heavy atom. The van der Waals surface area contributed by atoms with Gasteiger partial charge in [-0.3, -0.25) is 9.69 Å². The van der Waals surface area contributed by atoms with Gasteiger partial charge in [0.1, 0.15) is 11.0 Å². The van der Waals surface area contributed by atoms with Crippen LogP contribution in [0.2, 0.25) is 0 Å². The number of hydrogen-bond donors (Lipinski definition) is 1. The summed E-state index contributed by atoms with van der Waals surface area (Å²) in [5, 5.41) is 10.5. The smallest absolute Gasteiger partial charge is 0.234 e. The van der Waals surface area contributed by atoms with E-state index in [1.54, 1.807) is 0 Å². The van der Waals surface area contributed by atoms with Gasteiger partial charge in [0.25, 0.3) is 0 Å². The average Bonchev–Trinajstić information content (AvgIpc) is 3.15. The van der Waals surface area contributed by atoms with Crippen LogP contribution in [0.15, 0.2) is 22.8 Å². The normalized spacial score (nSPS) is 18.2. The summed E-state index contributed by atoms with van der Waals surface area (Å²) in [5.74, 6) is 0.0159. The van der Waals surface area contributed by atoms with Gasteiger partial charge in [-0.05, 0) is 47.9 Å². The van der Waals surface area contributed by atoms with Crippen molar-refractivity contribution in [2.24, 2.45) is 0 Å². The summed E-state index contributed by atoms with van der Waals surface area (Å²) in [6, 6.07) is 5.76. The Labute approximate surface area is 128 Å². The van der Waals surface area contributed by atoms with Crippen LogP contribution in [0, 0.1) is 0 Å². The lowest BCUT2D eigenvalue weighted by molar-refractivity contribution is -0.122. The van der Waals surface area contributed by atoms with Crippen LogP contribution in [0.4, 0.5) is 0 Å². The van der Waals surface area contributed by atoms with Gasteiger partial charge in [0.15, 0.2) is 0 Å². The van der Waals surface area contributed by atoms with Crippen molar-refractivity contribution in [2.75, 3.05) is 26.7 Å². The number of hydrogen-bond acceptors (Lipinski definition) is 6. The van der Waals surface area contributed by atoms with E-state index in [1.807, 2.05) is 30.1 Å². The molecule has 7 nitrogen and oxygen atoms in total. The molecule has 3 rings (SSSR count). The summed E-state index contributed by atoms with van der Waals surface area (Å²) in [4.78, 5) is 13.9. The van der Waals surface area contributed by atoms with Crippen LogP contribution in [-0.2, 0) is 16.1 Å². The van der Waals surface area contributed by atoms with Gasteiger partial charge in [-0.25, -0.2) is 4.63 Å². The van der Waals surface area contributed by atoms with E-state index < -0.39 is 0 Å². The van der Waals surface area contributed by atoms with Gasteiger partial charge in [-0.2, -0.15) is 0 Å². The maximum absolute atomic E-state index is 11.9. The molecule has 0 aliphatic carbocycles. The van der Waals surface area contributed by atoms with Crippen LogP contribution in [0.25, 0.3) is 11.0 Å². The third-order valence-corrected chi connectivity index (χ3v) is 3.74. The fraction of sp³-hybridized carbons (Fsp3) is 0.533. The van der Waals surface area contributed by atoms with E-state index in [0.29, 0.717) is 19.6 Å². The number of carbonyl (C=O) groups is 1. The fourth-order valence-corrected chi connectivity index (χ4v) is 2.63. The number of aromatic nitrogens is 2. The fourth-order valence-electron chi connectivity index (χ4n) is 2.63. The summed E-state index contributed by atoms with van der Waals surface area (Å²) in [6.07, 6.45) is 2.29. The van der Waals surface area contributed by atoms with Crippen LogP contribution >= 0.6 is 0 Å². The summed E-state index contributed by atoms with van der Waals surface area (Å²) < 4.78 is 10.2. The molecule has 118 valence electrons. The van der Waals surface area contributed by atoms with Crippen LogP contribution in [0.3, 0.4) is 0 Å². The molecule has 22 heavy (non-hydrogen) atoms. The first-order valence-corrected chi connectivity index (χ1v) is 7.49. The Morgan fingerprint density at radius 1 is 1.41 bits per heavy atom. The lowest BCUT2D eigenvalue weighted by Gasteiger charge is -2.17. The molecular formula is C15H20N4O3. The number of fused-ring (bicyclic) bond motifs is 1. The molecule has 1 N–H and O–H groups in total. The second-order valence-electron chi connectivity index (χ2n) is 5.70. The molecule has 0 spiro atoms. The van der Waals surface area contributed by atoms with Gasteiger partial charge in [0, 0.05) is 19.7 Å². The number of nitrogens with zero attached hydrogens (tertiary/aromatic N) is 3. The molecule has 2 aromatic rings. The number of likely N-dealkylation sites (N-methyl/N-ethyl adjacent to an activating group) is 1. The first-order chi connectivity index (χ1) is 10.7. The van der Waals surface area contributed by atoms with Gasteiger partial charge >= 0.3 is 0 Å². The van der Waals surface area contributed by atoms with E-state index in [1.165, 1.54) is 0 Å². The summed E-state index contributed by atoms with van der Waals surface area (Å²) in [5.41, 5.74) is 2.53. The molecule has 1 atom stereocenters. The summed E-state index contributed by atoms with van der Waals surface area (Å²) in [6.45, 7) is 2.42. The van der Waals surface area contributed by atoms with Crippen molar-refractivity contribution in [1.82, 2.24) is 20.5 Å². The van der Waals surface area contributed by atoms with Crippen molar-refractivity contribution in [3.8, 4) is 0 Å². The molecule has 0 radical (unpaired) electrons. The van der Waals surface area contributed by atoms with E-state index in [-0.39, 0.29) is 12.0 Å². The van der Waals surface area contributed by atoms with Crippen LogP contribution in [-0.4, -0.2) is 54.0 Å². The van der Waals surface area contributed by atoms with Gasteiger partial charge in [-0.1, -0.05) is 6.07 Å². The van der Waals surface area contributed by atoms with Crippen LogP contribution in [0.1, 0.15) is 18.4 Å². The molecule has 1 aromatic heterocycles. The zero-order valence-corrected chi connectivity index (χ0v) is 12.6. The minimum Gasteiger partial charge on any atom is -0.376 e. The Hall–Kier alpha value is -1.99. The van der Waals surface area contributed by atoms with Gasteiger partial charge in [0.2, 0.25) is 5.91 Å². The molecule has 1 amide bonds. The highest BCUT2D eigenvalue weighted by molar-refractivity contribution is 5.78. The number of nitrogens with one attached hydrogen (secondary N) is 1. The average molecular weight is 304 g/mol. The van der Waals surface area contributed by atoms with Crippen molar-refractivity contribution in [3.05, 3.63) is 23.8 Å². The van der Waals surface area contributed by atoms with E-state index >= 15 is 0 Å². The molecule has 1 aromatic carbocycles. The monoisotopic (exact) mass is 304 g/mol. The molecule has 1 fully saturated rings. The van der Waals surface area contributed by atoms with Gasteiger partial charge in [-0.15, -0.1) is 0 Å². The molecule has 1 unspecified atom stereocenters. The van der Waals surface area contributed by atoms with Gasteiger partial charge in [0.05, 0.1) is 12.6 Å². The minimum absolute atomic E-state index is 0.0159. The van der Waals surface area contributed by atoms with Crippen molar-refractivity contribution in [3.63, 3.8) is 0 Å². The van der Waals surface area contributed by atoms with Gasteiger partial charge < -0.3 is 10.1 Å². The Bertz CT molecular complexity index is 637. The standard InChI is InChI=1S/C15H20N4O3/c1-19(10-15(20)16-8-12-3-2-6-21-12)9-11-4-5-13-14(7-11)18-22-17-13/h4-5,7,12H,2-3,6,8-10H2,1H3,(H,16,20). The topological polar surface area (TPSA) is 80.5 Å². The van der Waals surface area contributed by atoms with Crippen molar-refractivity contribution < 1.29 is 14.2 Å². The van der Waals surface area contributed by atoms with E-state index in [2.05, 4.69) is 20.3 Å². The number of ether oxygens (including phenoxy) is 1. The number of rotatable bonds is 6. The lowest BCUT2D eigenvalue weighted by atomic mass is 10.2. The van der Waals surface area contributed by atoms with E-state index in [0.717, 1.165) is 36.0 Å². The molecular weight excluding hydrogens is 284 g/mol. The molecule has 1 aliphatic rings. The summed E-state index contributed by atoms with van der Waals surface area (Å²) >= 11 is 0. The zero-order chi connectivity index (χ0) is 15.4. The molecule has 2 heterocycles. The van der Waals surface area contributed by atoms with E-state index in [9.17, 15) is 4.79 Å². The Kier molecular flexibility index (Phi) is 4.65. The highest BCUT2D eigenvalue weighted by atomic mass is 16.6. The number of carbonyl (C=O) groups excluding carboxylic acids is 1. The van der Waals surface area contributed by atoms with E-state index in [4.69, 9.17) is 4.74 Å². The minimum atomic E-state index is 0.0159. The number of amides is 1. The first-order valence-electron chi connectivity index (χ1n) is 7.49. The second kappa shape index (κ2) is 6.85. The molecule has 7 heteroatoms. The highest BCUT2D eigenvalue weighted by Gasteiger charge is 2.16. The molecule has 1 saturated heterocycles. The Morgan fingerprint density at radius 2 is 2.27 bits per heavy atom. The summed E-state index contributed by atoms with van der Waals surface area (Å²) in [7, 11) is 1.91. The van der Waals surface area contributed by atoms with Crippen LogP contribution in [0.5, 0.6) is 0 Å². The highest BCUT2D eigenvalue weighted by Crippen LogP contribution is 2.13. The first kappa shape index (κ1) is 14.9.